The highest BCUT2D eigenvalue weighted by molar-refractivity contribution is 6.41. The van der Waals surface area contributed by atoms with Crippen molar-refractivity contribution in [2.45, 2.75) is 59.0 Å². The van der Waals surface area contributed by atoms with Crippen LogP contribution in [0.15, 0.2) is 47.6 Å². The monoisotopic (exact) mass is 517 g/mol. The average molecular weight is 519 g/mol. The van der Waals surface area contributed by atoms with Crippen LogP contribution in [0.25, 0.3) is 0 Å². The third kappa shape index (κ3) is 3.65. The number of benzene rings is 2. The Bertz CT molecular complexity index is 1160. The van der Waals surface area contributed by atoms with Crippen molar-refractivity contribution in [3.63, 3.8) is 0 Å². The number of carbonyl (C=O) groups excluding carboxylic acids is 1. The van der Waals surface area contributed by atoms with Crippen LogP contribution >= 0.6 is 34.8 Å². The van der Waals surface area contributed by atoms with E-state index in [2.05, 4.69) is 26.1 Å². The maximum Gasteiger partial charge on any atom is 0.268 e. The fourth-order valence-electron chi connectivity index (χ4n) is 6.50. The van der Waals surface area contributed by atoms with Crippen LogP contribution in [0.4, 0.5) is 5.69 Å². The molecule has 2 aliphatic carbocycles. The van der Waals surface area contributed by atoms with Crippen molar-refractivity contribution in [3.05, 3.63) is 63.1 Å². The van der Waals surface area contributed by atoms with Crippen LogP contribution < -0.4 is 10.3 Å². The van der Waals surface area contributed by atoms with E-state index in [9.17, 15) is 4.79 Å². The highest BCUT2D eigenvalue weighted by Gasteiger charge is 2.61. The Labute approximate surface area is 216 Å². The van der Waals surface area contributed by atoms with Gasteiger partial charge in [0.1, 0.15) is 5.71 Å². The minimum atomic E-state index is -0.191. The summed E-state index contributed by atoms with van der Waals surface area (Å²) < 4.78 is 0. The quantitative estimate of drug-likeness (QED) is 0.454. The first-order chi connectivity index (χ1) is 16.0. The molecular formula is C27H30Cl3N3O. The molecule has 0 radical (unpaired) electrons. The lowest BCUT2D eigenvalue weighted by molar-refractivity contribution is -0.116. The molecule has 2 aromatic rings. The molecule has 4 nitrogen and oxygen atoms in total. The van der Waals surface area contributed by atoms with E-state index < -0.39 is 0 Å². The number of hydrogen-bond acceptors (Lipinski definition) is 3. The van der Waals surface area contributed by atoms with Crippen LogP contribution in [0, 0.1) is 22.7 Å². The van der Waals surface area contributed by atoms with Gasteiger partial charge in [-0.05, 0) is 71.9 Å². The predicted octanol–water partition coefficient (Wildman–Crippen LogP) is 7.53. The fourth-order valence-corrected chi connectivity index (χ4v) is 7.12. The number of hydrazone groups is 1. The Morgan fingerprint density at radius 1 is 1.06 bits per heavy atom. The van der Waals surface area contributed by atoms with Gasteiger partial charge in [-0.1, -0.05) is 74.6 Å². The molecule has 3 aliphatic rings. The van der Waals surface area contributed by atoms with Gasteiger partial charge in [0, 0.05) is 22.0 Å². The molecule has 2 bridgehead atoms. The molecule has 1 amide bonds. The van der Waals surface area contributed by atoms with E-state index in [0.717, 1.165) is 18.4 Å². The Hall–Kier alpha value is -1.75. The van der Waals surface area contributed by atoms with E-state index in [1.165, 1.54) is 6.42 Å². The number of carbonyl (C=O) groups is 1. The van der Waals surface area contributed by atoms with Gasteiger partial charge < -0.3 is 5.32 Å². The van der Waals surface area contributed by atoms with Crippen molar-refractivity contribution >= 4 is 52.1 Å². The Kier molecular flexibility index (Phi) is 5.94. The second-order valence-corrected chi connectivity index (χ2v) is 12.1. The van der Waals surface area contributed by atoms with Crippen LogP contribution in [-0.2, 0) is 4.79 Å². The summed E-state index contributed by atoms with van der Waals surface area (Å²) in [6.07, 6.45) is 3.43. The molecule has 1 aliphatic heterocycles. The number of rotatable bonds is 4. The first kappa shape index (κ1) is 24.0. The molecule has 7 heteroatoms. The lowest BCUT2D eigenvalue weighted by Gasteiger charge is -2.39. The maximum absolute atomic E-state index is 13.6. The summed E-state index contributed by atoms with van der Waals surface area (Å²) in [5, 5.41) is 11.8. The molecule has 1 heterocycles. The Morgan fingerprint density at radius 3 is 2.32 bits per heavy atom. The van der Waals surface area contributed by atoms with Crippen LogP contribution in [0.5, 0.6) is 0 Å². The Balaban J connectivity index is 1.48. The minimum absolute atomic E-state index is 0.0892. The fraction of sp³-hybridized carbons (Fsp3) is 0.481. The molecular weight excluding hydrogens is 489 g/mol. The number of hydrogen-bond donors (Lipinski definition) is 1. The van der Waals surface area contributed by atoms with Crippen molar-refractivity contribution in [3.8, 4) is 0 Å². The highest BCUT2D eigenvalue weighted by atomic mass is 35.5. The third-order valence-corrected chi connectivity index (χ3v) is 9.87. The summed E-state index contributed by atoms with van der Waals surface area (Å²) in [6, 6.07) is 13.0. The molecule has 2 unspecified atom stereocenters. The van der Waals surface area contributed by atoms with Gasteiger partial charge in [0.15, 0.2) is 0 Å². The zero-order valence-corrected chi connectivity index (χ0v) is 22.2. The van der Waals surface area contributed by atoms with E-state index >= 15 is 0 Å². The number of anilines is 1. The van der Waals surface area contributed by atoms with E-state index in [0.29, 0.717) is 32.4 Å². The van der Waals surface area contributed by atoms with Crippen LogP contribution in [-0.4, -0.2) is 17.7 Å². The maximum atomic E-state index is 13.6. The molecule has 0 spiro atoms. The van der Waals surface area contributed by atoms with Crippen LogP contribution in [0.2, 0.25) is 15.1 Å². The standard InChI is InChI=1S/C27H30Cl3N3O/c1-15-23(25(34)31-22-13-17-11-12-27(22,4)26(17,2)3)32-33(21-10-9-19(29)14-20(21)30)24(15)16-5-7-18(28)8-6-16/h5-10,14-15,17,22,24H,11-13H2,1-4H3,(H,31,34)/t15?,17-,22+,24?,27+/m1/s1. The summed E-state index contributed by atoms with van der Waals surface area (Å²) in [6.45, 7) is 9.09. The Morgan fingerprint density at radius 2 is 1.74 bits per heavy atom. The molecule has 0 saturated heterocycles. The average Bonchev–Trinajstić information content (AvgIpc) is 3.29. The summed E-state index contributed by atoms with van der Waals surface area (Å²) in [7, 11) is 0. The van der Waals surface area contributed by atoms with Crippen LogP contribution in [0.1, 0.15) is 58.6 Å². The molecule has 2 aromatic carbocycles. The van der Waals surface area contributed by atoms with Crippen LogP contribution in [0.3, 0.4) is 0 Å². The van der Waals surface area contributed by atoms with Crippen molar-refractivity contribution in [2.75, 3.05) is 5.01 Å². The zero-order valence-electron chi connectivity index (χ0n) is 19.9. The summed E-state index contributed by atoms with van der Waals surface area (Å²) in [4.78, 5) is 13.6. The van der Waals surface area contributed by atoms with Gasteiger partial charge in [0.25, 0.3) is 5.91 Å². The lowest BCUT2D eigenvalue weighted by atomic mass is 9.69. The number of amides is 1. The second-order valence-electron chi connectivity index (χ2n) is 10.8. The molecule has 2 fully saturated rings. The number of halogens is 3. The van der Waals surface area contributed by atoms with Gasteiger partial charge in [0.05, 0.1) is 16.8 Å². The predicted molar refractivity (Wildman–Crippen MR) is 141 cm³/mol. The SMILES string of the molecule is CC1C(C(=O)N[C@H]2C[C@H]3CC[C@]2(C)C3(C)C)=NN(c2ccc(Cl)cc2Cl)C1c1ccc(Cl)cc1. The number of fused-ring (bicyclic) bond motifs is 2. The summed E-state index contributed by atoms with van der Waals surface area (Å²) >= 11 is 18.9. The molecule has 34 heavy (non-hydrogen) atoms. The van der Waals surface area contributed by atoms with E-state index in [1.807, 2.05) is 42.3 Å². The lowest BCUT2D eigenvalue weighted by Crippen LogP contribution is -2.49. The summed E-state index contributed by atoms with van der Waals surface area (Å²) in [5.74, 6) is 0.415. The van der Waals surface area contributed by atoms with Gasteiger partial charge in [0.2, 0.25) is 0 Å². The highest BCUT2D eigenvalue weighted by Crippen LogP contribution is 2.65. The van der Waals surface area contributed by atoms with Crippen molar-refractivity contribution in [1.82, 2.24) is 5.32 Å². The van der Waals surface area contributed by atoms with Crippen molar-refractivity contribution in [1.29, 1.82) is 0 Å². The van der Waals surface area contributed by atoms with E-state index in [-0.39, 0.29) is 34.7 Å². The van der Waals surface area contributed by atoms with Crippen molar-refractivity contribution < 1.29 is 4.79 Å². The molecule has 0 aromatic heterocycles. The second kappa shape index (κ2) is 8.43. The number of nitrogens with zero attached hydrogens (tertiary/aromatic N) is 2. The molecule has 5 rings (SSSR count). The largest absolute Gasteiger partial charge is 0.348 e. The van der Waals surface area contributed by atoms with Gasteiger partial charge in [-0.15, -0.1) is 0 Å². The van der Waals surface area contributed by atoms with Gasteiger partial charge in [-0.25, -0.2) is 0 Å². The third-order valence-electron chi connectivity index (χ3n) is 9.08. The normalized spacial score (nSPS) is 31.6. The molecule has 2 saturated carbocycles. The van der Waals surface area contributed by atoms with E-state index in [1.54, 1.807) is 12.1 Å². The zero-order chi connectivity index (χ0) is 24.4. The molecule has 180 valence electrons. The molecule has 5 atom stereocenters. The summed E-state index contributed by atoms with van der Waals surface area (Å²) in [5.41, 5.74) is 2.58. The van der Waals surface area contributed by atoms with Crippen molar-refractivity contribution in [2.24, 2.45) is 27.8 Å². The minimum Gasteiger partial charge on any atom is -0.348 e. The van der Waals surface area contributed by atoms with E-state index in [4.69, 9.17) is 39.9 Å². The first-order valence-corrected chi connectivity index (χ1v) is 13.1. The number of nitrogens with one attached hydrogen (secondary N) is 1. The van der Waals surface area contributed by atoms with Gasteiger partial charge in [-0.2, -0.15) is 5.10 Å². The smallest absolute Gasteiger partial charge is 0.268 e. The molecule has 1 N–H and O–H groups in total. The van der Waals surface area contributed by atoms with Gasteiger partial charge in [-0.3, -0.25) is 9.80 Å². The topological polar surface area (TPSA) is 44.7 Å². The van der Waals surface area contributed by atoms with Gasteiger partial charge >= 0.3 is 0 Å². The first-order valence-electron chi connectivity index (χ1n) is 11.9.